The minimum Gasteiger partial charge on any atom is -0.497 e. The van der Waals surface area contributed by atoms with Crippen LogP contribution in [-0.4, -0.2) is 72.7 Å². The lowest BCUT2D eigenvalue weighted by Crippen LogP contribution is -2.53. The van der Waals surface area contributed by atoms with Crippen LogP contribution in [0.5, 0.6) is 23.0 Å². The van der Waals surface area contributed by atoms with E-state index in [-0.39, 0.29) is 46.0 Å². The van der Waals surface area contributed by atoms with Crippen molar-refractivity contribution in [2.75, 3.05) is 45.8 Å². The van der Waals surface area contributed by atoms with Crippen LogP contribution in [0.4, 0.5) is 5.69 Å². The van der Waals surface area contributed by atoms with Gasteiger partial charge >= 0.3 is 0 Å². The van der Waals surface area contributed by atoms with Gasteiger partial charge in [-0.15, -0.1) is 0 Å². The van der Waals surface area contributed by atoms with Crippen LogP contribution >= 0.6 is 23.2 Å². The maximum Gasteiger partial charge on any atom is 0.265 e. The van der Waals surface area contributed by atoms with Gasteiger partial charge in [0.05, 0.1) is 49.1 Å². The molecule has 278 valence electrons. The van der Waals surface area contributed by atoms with Gasteiger partial charge in [0.1, 0.15) is 24.1 Å². The summed E-state index contributed by atoms with van der Waals surface area (Å²) in [5.74, 6) is -0.00358. The molecule has 0 spiro atoms. The number of rotatable bonds is 17. The van der Waals surface area contributed by atoms with Gasteiger partial charge in [-0.25, -0.2) is 8.42 Å². The van der Waals surface area contributed by atoms with Crippen molar-refractivity contribution in [3.63, 3.8) is 0 Å². The van der Waals surface area contributed by atoms with Gasteiger partial charge in [0.25, 0.3) is 10.0 Å². The predicted molar refractivity (Wildman–Crippen MR) is 202 cm³/mol. The van der Waals surface area contributed by atoms with Gasteiger partial charge in [-0.2, -0.15) is 0 Å². The summed E-state index contributed by atoms with van der Waals surface area (Å²) in [6, 6.07) is 21.8. The highest BCUT2D eigenvalue weighted by Gasteiger charge is 2.36. The molecule has 2 amide bonds. The molecule has 14 heteroatoms. The summed E-state index contributed by atoms with van der Waals surface area (Å²) >= 11 is 12.6. The molecule has 0 saturated carbocycles. The molecule has 0 aromatic heterocycles. The first-order valence-electron chi connectivity index (χ1n) is 16.3. The fraction of sp³-hybridized carbons (Fsp3) is 0.316. The quantitative estimate of drug-likeness (QED) is 0.127. The van der Waals surface area contributed by atoms with Gasteiger partial charge in [0.15, 0.2) is 11.5 Å². The summed E-state index contributed by atoms with van der Waals surface area (Å²) < 4.78 is 52.1. The monoisotopic (exact) mass is 771 g/mol. The van der Waals surface area contributed by atoms with Gasteiger partial charge in [-0.05, 0) is 53.4 Å². The average Bonchev–Trinajstić information content (AvgIpc) is 3.15. The number of sulfonamides is 1. The van der Waals surface area contributed by atoms with Crippen LogP contribution in [0, 0.1) is 5.92 Å². The topological polar surface area (TPSA) is 124 Å². The maximum atomic E-state index is 14.9. The molecular weight excluding hydrogens is 729 g/mol. The number of ether oxygens (including phenoxy) is 4. The highest BCUT2D eigenvalue weighted by molar-refractivity contribution is 7.92. The first-order valence-corrected chi connectivity index (χ1v) is 18.5. The van der Waals surface area contributed by atoms with E-state index >= 15 is 0 Å². The van der Waals surface area contributed by atoms with Gasteiger partial charge in [0, 0.05) is 31.6 Å². The first kappa shape index (κ1) is 40.1. The molecule has 11 nitrogen and oxygen atoms in total. The van der Waals surface area contributed by atoms with Crippen LogP contribution < -0.4 is 28.6 Å². The van der Waals surface area contributed by atoms with Crippen LogP contribution in [0.1, 0.15) is 25.0 Å². The Morgan fingerprint density at radius 1 is 0.750 bits per heavy atom. The third-order valence-electron chi connectivity index (χ3n) is 8.17. The van der Waals surface area contributed by atoms with Crippen molar-refractivity contribution in [3.8, 4) is 23.0 Å². The molecule has 4 rings (SSSR count). The van der Waals surface area contributed by atoms with Crippen molar-refractivity contribution < 1.29 is 37.0 Å². The van der Waals surface area contributed by atoms with Crippen LogP contribution in [0.25, 0.3) is 0 Å². The van der Waals surface area contributed by atoms with E-state index in [1.807, 2.05) is 44.2 Å². The summed E-state index contributed by atoms with van der Waals surface area (Å²) in [6.45, 7) is 3.46. The molecular formula is C38H43Cl2N3O8S. The Morgan fingerprint density at radius 2 is 1.42 bits per heavy atom. The molecule has 0 fully saturated rings. The van der Waals surface area contributed by atoms with Crippen molar-refractivity contribution in [1.29, 1.82) is 0 Å². The Balaban J connectivity index is 1.91. The number of hydrogen-bond donors (Lipinski definition) is 1. The van der Waals surface area contributed by atoms with Crippen LogP contribution in [0.3, 0.4) is 0 Å². The molecule has 0 unspecified atom stereocenters. The van der Waals surface area contributed by atoms with Crippen LogP contribution in [0.2, 0.25) is 10.0 Å². The van der Waals surface area contributed by atoms with Crippen LogP contribution in [0.15, 0.2) is 89.8 Å². The zero-order chi connectivity index (χ0) is 38.0. The second kappa shape index (κ2) is 18.2. The number of amides is 2. The zero-order valence-corrected chi connectivity index (χ0v) is 32.2. The van der Waals surface area contributed by atoms with E-state index in [1.165, 1.54) is 57.6 Å². The van der Waals surface area contributed by atoms with E-state index in [2.05, 4.69) is 5.32 Å². The number of nitrogens with one attached hydrogen (secondary N) is 1. The number of carbonyl (C=O) groups is 2. The molecule has 1 N–H and O–H groups in total. The van der Waals surface area contributed by atoms with Crippen molar-refractivity contribution in [2.24, 2.45) is 5.92 Å². The Kier molecular flexibility index (Phi) is 14.1. The highest BCUT2D eigenvalue weighted by atomic mass is 35.5. The number of anilines is 1. The van der Waals surface area contributed by atoms with Crippen molar-refractivity contribution >= 4 is 50.7 Å². The number of carbonyl (C=O) groups excluding carboxylic acids is 2. The number of nitrogens with zero attached hydrogens (tertiary/aromatic N) is 2. The van der Waals surface area contributed by atoms with E-state index in [1.54, 1.807) is 30.3 Å². The van der Waals surface area contributed by atoms with E-state index in [0.717, 1.165) is 9.87 Å². The second-order valence-corrected chi connectivity index (χ2v) is 14.9. The molecule has 0 heterocycles. The lowest BCUT2D eigenvalue weighted by Gasteiger charge is -2.34. The summed E-state index contributed by atoms with van der Waals surface area (Å²) in [4.78, 5) is 30.1. The van der Waals surface area contributed by atoms with E-state index in [9.17, 15) is 18.0 Å². The Bertz CT molecular complexity index is 1960. The lowest BCUT2D eigenvalue weighted by molar-refractivity contribution is -0.140. The number of hydrogen-bond acceptors (Lipinski definition) is 8. The van der Waals surface area contributed by atoms with E-state index < -0.39 is 34.4 Å². The molecule has 0 aliphatic rings. The minimum atomic E-state index is -4.53. The third-order valence-corrected chi connectivity index (χ3v) is 10.7. The lowest BCUT2D eigenvalue weighted by atomic mass is 10.0. The minimum absolute atomic E-state index is 0.0309. The summed E-state index contributed by atoms with van der Waals surface area (Å²) in [5.41, 5.74) is 1.40. The molecule has 4 aromatic carbocycles. The fourth-order valence-corrected chi connectivity index (χ4v) is 7.17. The molecule has 0 bridgehead atoms. The molecule has 4 aromatic rings. The first-order chi connectivity index (χ1) is 24.8. The summed E-state index contributed by atoms with van der Waals surface area (Å²) in [7, 11) is 1.11. The molecule has 0 saturated heterocycles. The second-order valence-electron chi connectivity index (χ2n) is 12.2. The SMILES string of the molecule is COc1ccc(OC)c(N(CC(=O)N(Cc2ccc(Cl)c(Cl)c2)[C@@H](Cc2ccccc2)C(=O)NCC(C)C)S(=O)(=O)c2ccc(OC)c(OC)c2)c1. The number of halogens is 2. The molecule has 0 aliphatic carbocycles. The van der Waals surface area contributed by atoms with Gasteiger partial charge < -0.3 is 29.2 Å². The van der Waals surface area contributed by atoms with Crippen molar-refractivity contribution in [2.45, 2.75) is 37.8 Å². The Hall–Kier alpha value is -4.65. The Labute approximate surface area is 315 Å². The Morgan fingerprint density at radius 3 is 2.04 bits per heavy atom. The van der Waals surface area contributed by atoms with Crippen LogP contribution in [-0.2, 0) is 32.6 Å². The van der Waals surface area contributed by atoms with E-state index in [4.69, 9.17) is 42.1 Å². The largest absolute Gasteiger partial charge is 0.497 e. The van der Waals surface area contributed by atoms with Gasteiger partial charge in [-0.3, -0.25) is 13.9 Å². The number of benzene rings is 4. The fourth-order valence-electron chi connectivity index (χ4n) is 5.42. The van der Waals surface area contributed by atoms with Gasteiger partial charge in [-0.1, -0.05) is 73.4 Å². The van der Waals surface area contributed by atoms with E-state index in [0.29, 0.717) is 28.6 Å². The highest BCUT2D eigenvalue weighted by Crippen LogP contribution is 2.38. The third kappa shape index (κ3) is 9.81. The van der Waals surface area contributed by atoms with Gasteiger partial charge in [0.2, 0.25) is 11.8 Å². The standard InChI is InChI=1S/C38H43Cl2N3O8S/c1-25(2)22-41-38(45)33(19-26-10-8-7-9-11-26)42(23-27-12-15-30(39)31(40)18-27)37(44)24-43(32-20-28(48-3)13-16-34(32)49-4)52(46,47)29-14-17-35(50-5)36(21-29)51-6/h7-18,20-21,25,33H,19,22-24H2,1-6H3,(H,41,45)/t33-/m0/s1. The summed E-state index contributed by atoms with van der Waals surface area (Å²) in [5, 5.41) is 3.54. The number of methoxy groups -OCH3 is 4. The molecule has 52 heavy (non-hydrogen) atoms. The molecule has 1 atom stereocenters. The normalized spacial score (nSPS) is 11.8. The zero-order valence-electron chi connectivity index (χ0n) is 29.9. The predicted octanol–water partition coefficient (Wildman–Crippen LogP) is 6.64. The van der Waals surface area contributed by atoms with Crippen molar-refractivity contribution in [1.82, 2.24) is 10.2 Å². The molecule has 0 aliphatic heterocycles. The average molecular weight is 773 g/mol. The smallest absolute Gasteiger partial charge is 0.265 e. The summed E-state index contributed by atoms with van der Waals surface area (Å²) in [6.07, 6.45) is 0.142. The molecule has 0 radical (unpaired) electrons. The van der Waals surface area contributed by atoms with Crippen molar-refractivity contribution in [3.05, 3.63) is 106 Å². The maximum absolute atomic E-state index is 14.9.